The van der Waals surface area contributed by atoms with Gasteiger partial charge < -0.3 is 15.4 Å². The number of hydrogen-bond donors (Lipinski definition) is 2. The van der Waals surface area contributed by atoms with Crippen molar-refractivity contribution in [3.05, 3.63) is 23.4 Å². The van der Waals surface area contributed by atoms with Crippen molar-refractivity contribution in [2.24, 2.45) is 5.92 Å². The maximum Gasteiger partial charge on any atom is 0.337 e. The Balaban J connectivity index is 2.26. The molecule has 0 fully saturated rings. The van der Waals surface area contributed by atoms with Gasteiger partial charge in [0.1, 0.15) is 0 Å². The van der Waals surface area contributed by atoms with E-state index in [1.807, 2.05) is 0 Å². The summed E-state index contributed by atoms with van der Waals surface area (Å²) in [6.07, 6.45) is 7.08. The molecule has 0 bridgehead atoms. The van der Waals surface area contributed by atoms with Gasteiger partial charge in [0.25, 0.3) is 0 Å². The highest BCUT2D eigenvalue weighted by molar-refractivity contribution is 5.94. The molecular weight excluding hydrogens is 244 g/mol. The number of rotatable bonds is 3. The molecule has 0 aromatic carbocycles. The average molecular weight is 264 g/mol. The maximum absolute atomic E-state index is 12.1. The lowest BCUT2D eigenvalue weighted by atomic mass is 9.82. The van der Waals surface area contributed by atoms with Gasteiger partial charge in [0.15, 0.2) is 0 Å². The molecule has 0 unspecified atom stereocenters. The zero-order chi connectivity index (χ0) is 13.8. The molecule has 1 heterocycles. The van der Waals surface area contributed by atoms with Crippen LogP contribution in [-0.2, 0) is 9.53 Å². The summed E-state index contributed by atoms with van der Waals surface area (Å²) in [5, 5.41) is 5.51. The van der Waals surface area contributed by atoms with E-state index in [-0.39, 0.29) is 24.0 Å². The van der Waals surface area contributed by atoms with Crippen molar-refractivity contribution in [3.63, 3.8) is 0 Å². The van der Waals surface area contributed by atoms with Crippen molar-refractivity contribution in [1.29, 1.82) is 0 Å². The SMILES string of the molecule is CCOC(=O)C1=C(C)NC(=O)N[C@@H]1[C@H]1CC=CCC1. The highest BCUT2D eigenvalue weighted by Crippen LogP contribution is 2.28. The van der Waals surface area contributed by atoms with E-state index in [2.05, 4.69) is 22.8 Å². The fourth-order valence-electron chi connectivity index (χ4n) is 2.68. The zero-order valence-electron chi connectivity index (χ0n) is 11.4. The summed E-state index contributed by atoms with van der Waals surface area (Å²) in [6, 6.07) is -0.497. The summed E-state index contributed by atoms with van der Waals surface area (Å²) in [5.41, 5.74) is 1.16. The normalized spacial score (nSPS) is 26.7. The minimum atomic E-state index is -0.341. The molecule has 2 N–H and O–H groups in total. The first-order valence-corrected chi connectivity index (χ1v) is 6.74. The standard InChI is InChI=1S/C14H20N2O3/c1-3-19-13(17)11-9(2)15-14(18)16-12(11)10-7-5-4-6-8-10/h4-5,10,12H,3,6-8H2,1-2H3,(H2,15,16,18)/t10-,12+/m0/s1. The van der Waals surface area contributed by atoms with Gasteiger partial charge in [-0.25, -0.2) is 9.59 Å². The third-order valence-corrected chi connectivity index (χ3v) is 3.58. The number of nitrogens with one attached hydrogen (secondary N) is 2. The molecule has 0 aromatic heterocycles. The number of esters is 1. The quantitative estimate of drug-likeness (QED) is 0.604. The molecule has 0 saturated carbocycles. The van der Waals surface area contributed by atoms with E-state index < -0.39 is 0 Å². The third-order valence-electron chi connectivity index (χ3n) is 3.58. The van der Waals surface area contributed by atoms with Crippen molar-refractivity contribution in [3.8, 4) is 0 Å². The van der Waals surface area contributed by atoms with Crippen LogP contribution in [0.1, 0.15) is 33.1 Å². The van der Waals surface area contributed by atoms with Gasteiger partial charge in [0, 0.05) is 5.70 Å². The minimum absolute atomic E-state index is 0.245. The molecule has 5 nitrogen and oxygen atoms in total. The number of allylic oxidation sites excluding steroid dienone is 3. The largest absolute Gasteiger partial charge is 0.463 e. The van der Waals surface area contributed by atoms with Crippen LogP contribution in [0, 0.1) is 5.92 Å². The number of carbonyl (C=O) groups excluding carboxylic acids is 2. The Morgan fingerprint density at radius 2 is 2.26 bits per heavy atom. The Morgan fingerprint density at radius 1 is 1.47 bits per heavy atom. The van der Waals surface area contributed by atoms with Crippen LogP contribution >= 0.6 is 0 Å². The van der Waals surface area contributed by atoms with E-state index in [1.54, 1.807) is 13.8 Å². The fraction of sp³-hybridized carbons (Fsp3) is 0.571. The number of ether oxygens (including phenoxy) is 1. The van der Waals surface area contributed by atoms with Crippen LogP contribution in [0.2, 0.25) is 0 Å². The first-order chi connectivity index (χ1) is 9.13. The molecule has 2 atom stereocenters. The number of hydrogen-bond acceptors (Lipinski definition) is 3. The lowest BCUT2D eigenvalue weighted by Gasteiger charge is -2.34. The summed E-state index contributed by atoms with van der Waals surface area (Å²) >= 11 is 0. The molecule has 2 rings (SSSR count). The summed E-state index contributed by atoms with van der Waals surface area (Å²) in [5.74, 6) is -0.0857. The van der Waals surface area contributed by atoms with Crippen LogP contribution in [0.5, 0.6) is 0 Å². The first kappa shape index (κ1) is 13.6. The fourth-order valence-corrected chi connectivity index (χ4v) is 2.68. The second-order valence-electron chi connectivity index (χ2n) is 4.88. The van der Waals surface area contributed by atoms with E-state index in [4.69, 9.17) is 4.74 Å². The predicted octanol–water partition coefficient (Wildman–Crippen LogP) is 1.86. The van der Waals surface area contributed by atoms with Crippen molar-refractivity contribution in [1.82, 2.24) is 10.6 Å². The number of carbonyl (C=O) groups is 2. The molecule has 1 aliphatic carbocycles. The van der Waals surface area contributed by atoms with E-state index in [0.717, 1.165) is 19.3 Å². The molecule has 2 amide bonds. The van der Waals surface area contributed by atoms with Crippen molar-refractivity contribution in [2.75, 3.05) is 6.61 Å². The Morgan fingerprint density at radius 3 is 2.89 bits per heavy atom. The Hall–Kier alpha value is -1.78. The van der Waals surface area contributed by atoms with Gasteiger partial charge in [-0.2, -0.15) is 0 Å². The molecule has 1 aliphatic heterocycles. The first-order valence-electron chi connectivity index (χ1n) is 6.74. The molecule has 0 aromatic rings. The average Bonchev–Trinajstić information content (AvgIpc) is 2.39. The van der Waals surface area contributed by atoms with E-state index in [0.29, 0.717) is 17.9 Å². The van der Waals surface area contributed by atoms with E-state index >= 15 is 0 Å². The predicted molar refractivity (Wildman–Crippen MR) is 71.3 cm³/mol. The van der Waals surface area contributed by atoms with Gasteiger partial charge in [-0.15, -0.1) is 0 Å². The number of amides is 2. The van der Waals surface area contributed by atoms with Gasteiger partial charge in [-0.1, -0.05) is 12.2 Å². The summed E-state index contributed by atoms with van der Waals surface area (Å²) in [4.78, 5) is 23.7. The molecule has 0 radical (unpaired) electrons. The van der Waals surface area contributed by atoms with Crippen LogP contribution in [0.25, 0.3) is 0 Å². The monoisotopic (exact) mass is 264 g/mol. The summed E-state index contributed by atoms with van der Waals surface area (Å²) in [6.45, 7) is 3.86. The topological polar surface area (TPSA) is 67.4 Å². The maximum atomic E-state index is 12.1. The van der Waals surface area contributed by atoms with Crippen molar-refractivity contribution < 1.29 is 14.3 Å². The molecular formula is C14H20N2O3. The van der Waals surface area contributed by atoms with Crippen molar-refractivity contribution >= 4 is 12.0 Å². The van der Waals surface area contributed by atoms with Crippen LogP contribution in [0.15, 0.2) is 23.4 Å². The minimum Gasteiger partial charge on any atom is -0.463 e. The van der Waals surface area contributed by atoms with Gasteiger partial charge in [-0.05, 0) is 39.0 Å². The summed E-state index contributed by atoms with van der Waals surface area (Å²) in [7, 11) is 0. The number of urea groups is 1. The van der Waals surface area contributed by atoms with Gasteiger partial charge >= 0.3 is 12.0 Å². The van der Waals surface area contributed by atoms with E-state index in [9.17, 15) is 9.59 Å². The zero-order valence-corrected chi connectivity index (χ0v) is 11.4. The van der Waals surface area contributed by atoms with Crippen LogP contribution in [-0.4, -0.2) is 24.6 Å². The van der Waals surface area contributed by atoms with Gasteiger partial charge in [-0.3, -0.25) is 0 Å². The van der Waals surface area contributed by atoms with Gasteiger partial charge in [0.2, 0.25) is 0 Å². The van der Waals surface area contributed by atoms with Gasteiger partial charge in [0.05, 0.1) is 18.2 Å². The second-order valence-corrected chi connectivity index (χ2v) is 4.88. The molecule has 104 valence electrons. The van der Waals surface area contributed by atoms with Crippen LogP contribution in [0.3, 0.4) is 0 Å². The Labute approximate surface area is 113 Å². The second kappa shape index (κ2) is 5.91. The van der Waals surface area contributed by atoms with E-state index in [1.165, 1.54) is 0 Å². The van der Waals surface area contributed by atoms with Crippen LogP contribution < -0.4 is 10.6 Å². The lowest BCUT2D eigenvalue weighted by Crippen LogP contribution is -2.53. The van der Waals surface area contributed by atoms with Crippen molar-refractivity contribution in [2.45, 2.75) is 39.2 Å². The highest BCUT2D eigenvalue weighted by atomic mass is 16.5. The Kier molecular flexibility index (Phi) is 4.24. The lowest BCUT2D eigenvalue weighted by molar-refractivity contribution is -0.139. The van der Waals surface area contributed by atoms with Crippen LogP contribution in [0.4, 0.5) is 4.79 Å². The summed E-state index contributed by atoms with van der Waals surface area (Å²) < 4.78 is 5.10. The highest BCUT2D eigenvalue weighted by Gasteiger charge is 2.35. The smallest absolute Gasteiger partial charge is 0.337 e. The molecule has 5 heteroatoms. The molecule has 0 saturated heterocycles. The molecule has 0 spiro atoms. The molecule has 2 aliphatic rings. The Bertz CT molecular complexity index is 440. The third kappa shape index (κ3) is 2.97. The molecule has 19 heavy (non-hydrogen) atoms.